The molecule has 0 heterocycles. The van der Waals surface area contributed by atoms with Crippen molar-refractivity contribution in [3.8, 4) is 0 Å². The molecular weight excluding hydrogens is 190 g/mol. The number of hydrogen-bond acceptors (Lipinski definition) is 2. The molecule has 3 heteroatoms. The van der Waals surface area contributed by atoms with Crippen molar-refractivity contribution < 1.29 is 9.90 Å². The molecule has 80 valence electrons. The summed E-state index contributed by atoms with van der Waals surface area (Å²) in [5.74, 6) is -0.810. The van der Waals surface area contributed by atoms with Gasteiger partial charge in [0.25, 0.3) is 0 Å². The van der Waals surface area contributed by atoms with Crippen LogP contribution in [0.15, 0.2) is 30.3 Å². The van der Waals surface area contributed by atoms with Gasteiger partial charge in [0, 0.05) is 19.8 Å². The highest BCUT2D eigenvalue weighted by Crippen LogP contribution is 2.14. The average molecular weight is 205 g/mol. The summed E-state index contributed by atoms with van der Waals surface area (Å²) in [5.41, 5.74) is 2.12. The van der Waals surface area contributed by atoms with Crippen LogP contribution in [0, 0.1) is 0 Å². The van der Waals surface area contributed by atoms with Gasteiger partial charge in [0.1, 0.15) is 0 Å². The summed E-state index contributed by atoms with van der Waals surface area (Å²) < 4.78 is 0. The van der Waals surface area contributed by atoms with Crippen molar-refractivity contribution in [1.82, 2.24) is 0 Å². The second kappa shape index (κ2) is 5.20. The van der Waals surface area contributed by atoms with E-state index in [0.29, 0.717) is 0 Å². The highest BCUT2D eigenvalue weighted by Gasteiger charge is 1.95. The van der Waals surface area contributed by atoms with Crippen LogP contribution in [-0.4, -0.2) is 25.2 Å². The molecule has 1 N–H and O–H groups in total. The zero-order chi connectivity index (χ0) is 11.3. The first-order valence-corrected chi connectivity index (χ1v) is 4.75. The van der Waals surface area contributed by atoms with Crippen molar-refractivity contribution in [3.05, 3.63) is 35.9 Å². The van der Waals surface area contributed by atoms with E-state index < -0.39 is 5.97 Å². The van der Waals surface area contributed by atoms with Crippen molar-refractivity contribution in [2.45, 2.75) is 6.42 Å². The molecule has 0 aromatic heterocycles. The van der Waals surface area contributed by atoms with Crippen LogP contribution in [0.25, 0.3) is 6.08 Å². The van der Waals surface area contributed by atoms with Crippen molar-refractivity contribution in [2.75, 3.05) is 19.0 Å². The molecule has 0 amide bonds. The van der Waals surface area contributed by atoms with Gasteiger partial charge in [0.15, 0.2) is 0 Å². The molecule has 0 fully saturated rings. The number of nitrogens with zero attached hydrogens (tertiary/aromatic N) is 1. The molecule has 0 saturated carbocycles. The predicted octanol–water partition coefficient (Wildman–Crippen LogP) is 2.24. The third kappa shape index (κ3) is 3.85. The quantitative estimate of drug-likeness (QED) is 0.819. The van der Waals surface area contributed by atoms with Crippen LogP contribution in [0.3, 0.4) is 0 Å². The summed E-state index contributed by atoms with van der Waals surface area (Å²) in [6, 6.07) is 7.92. The first-order valence-electron chi connectivity index (χ1n) is 4.75. The Bertz CT molecular complexity index is 370. The number of hydrogen-bond donors (Lipinski definition) is 1. The van der Waals surface area contributed by atoms with Crippen LogP contribution >= 0.6 is 0 Å². The van der Waals surface area contributed by atoms with E-state index >= 15 is 0 Å². The minimum Gasteiger partial charge on any atom is -0.481 e. The molecule has 0 spiro atoms. The maximum atomic E-state index is 10.3. The van der Waals surface area contributed by atoms with E-state index in [1.165, 1.54) is 0 Å². The number of anilines is 1. The Hall–Kier alpha value is -1.77. The minimum absolute atomic E-state index is 0.0617. The average Bonchev–Trinajstić information content (AvgIpc) is 2.17. The van der Waals surface area contributed by atoms with E-state index in [1.54, 1.807) is 6.08 Å². The molecule has 0 saturated heterocycles. The molecule has 0 unspecified atom stereocenters. The van der Waals surface area contributed by atoms with Gasteiger partial charge in [-0.25, -0.2) is 0 Å². The molecule has 0 bridgehead atoms. The van der Waals surface area contributed by atoms with Gasteiger partial charge in [0.2, 0.25) is 0 Å². The van der Waals surface area contributed by atoms with Crippen LogP contribution in [-0.2, 0) is 4.79 Å². The van der Waals surface area contributed by atoms with Crippen LogP contribution in [0.1, 0.15) is 12.0 Å². The maximum absolute atomic E-state index is 10.3. The fraction of sp³-hybridized carbons (Fsp3) is 0.250. The fourth-order valence-corrected chi connectivity index (χ4v) is 1.20. The fourth-order valence-electron chi connectivity index (χ4n) is 1.20. The molecule has 15 heavy (non-hydrogen) atoms. The summed E-state index contributed by atoms with van der Waals surface area (Å²) in [5, 5.41) is 8.47. The number of aliphatic carboxylic acids is 1. The molecule has 3 nitrogen and oxygen atoms in total. The lowest BCUT2D eigenvalue weighted by Crippen LogP contribution is -2.08. The first kappa shape index (κ1) is 11.3. The summed E-state index contributed by atoms with van der Waals surface area (Å²) >= 11 is 0. The summed E-state index contributed by atoms with van der Waals surface area (Å²) in [4.78, 5) is 12.3. The largest absolute Gasteiger partial charge is 0.481 e. The second-order valence-corrected chi connectivity index (χ2v) is 3.49. The maximum Gasteiger partial charge on any atom is 0.307 e. The Kier molecular flexibility index (Phi) is 3.92. The second-order valence-electron chi connectivity index (χ2n) is 3.49. The van der Waals surface area contributed by atoms with Gasteiger partial charge >= 0.3 is 5.97 Å². The Labute approximate surface area is 89.6 Å². The zero-order valence-corrected chi connectivity index (χ0v) is 8.97. The molecule has 0 atom stereocenters. The Morgan fingerprint density at radius 3 is 2.80 bits per heavy atom. The topological polar surface area (TPSA) is 40.5 Å². The molecule has 1 rings (SSSR count). The Morgan fingerprint density at radius 2 is 2.20 bits per heavy atom. The van der Waals surface area contributed by atoms with E-state index in [1.807, 2.05) is 49.3 Å². The van der Waals surface area contributed by atoms with Crippen molar-refractivity contribution in [2.24, 2.45) is 0 Å². The van der Waals surface area contributed by atoms with Gasteiger partial charge in [-0.3, -0.25) is 4.79 Å². The molecule has 1 aromatic carbocycles. The third-order valence-corrected chi connectivity index (χ3v) is 1.99. The molecular formula is C12H15NO2. The third-order valence-electron chi connectivity index (χ3n) is 1.99. The summed E-state index contributed by atoms with van der Waals surface area (Å²) in [6.07, 6.45) is 3.53. The minimum atomic E-state index is -0.810. The highest BCUT2D eigenvalue weighted by molar-refractivity contribution is 5.70. The monoisotopic (exact) mass is 205 g/mol. The lowest BCUT2D eigenvalue weighted by atomic mass is 10.1. The van der Waals surface area contributed by atoms with Gasteiger partial charge in [-0.2, -0.15) is 0 Å². The van der Waals surface area contributed by atoms with E-state index in [-0.39, 0.29) is 6.42 Å². The number of carbonyl (C=O) groups is 1. The smallest absolute Gasteiger partial charge is 0.307 e. The molecule has 0 radical (unpaired) electrons. The summed E-state index contributed by atoms with van der Waals surface area (Å²) in [7, 11) is 3.94. The van der Waals surface area contributed by atoms with Gasteiger partial charge in [-0.1, -0.05) is 24.3 Å². The first-order chi connectivity index (χ1) is 7.09. The molecule has 0 aliphatic heterocycles. The number of carboxylic acids is 1. The lowest BCUT2D eigenvalue weighted by Gasteiger charge is -2.12. The normalized spacial score (nSPS) is 10.5. The van der Waals surface area contributed by atoms with E-state index in [9.17, 15) is 4.79 Å². The van der Waals surface area contributed by atoms with Gasteiger partial charge < -0.3 is 10.0 Å². The van der Waals surface area contributed by atoms with Crippen molar-refractivity contribution in [1.29, 1.82) is 0 Å². The van der Waals surface area contributed by atoms with E-state index in [0.717, 1.165) is 11.3 Å². The summed E-state index contributed by atoms with van der Waals surface area (Å²) in [6.45, 7) is 0. The molecule has 0 aliphatic carbocycles. The predicted molar refractivity (Wildman–Crippen MR) is 62.1 cm³/mol. The number of benzene rings is 1. The number of carboxylic acid groups (broad SMARTS) is 1. The molecule has 0 aliphatic rings. The van der Waals surface area contributed by atoms with Gasteiger partial charge in [0.05, 0.1) is 6.42 Å². The number of rotatable bonds is 4. The van der Waals surface area contributed by atoms with Crippen LogP contribution in [0.2, 0.25) is 0 Å². The van der Waals surface area contributed by atoms with Gasteiger partial charge in [-0.15, -0.1) is 0 Å². The van der Waals surface area contributed by atoms with Crippen molar-refractivity contribution >= 4 is 17.7 Å². The lowest BCUT2D eigenvalue weighted by molar-refractivity contribution is -0.135. The Morgan fingerprint density at radius 1 is 1.47 bits per heavy atom. The van der Waals surface area contributed by atoms with E-state index in [4.69, 9.17) is 5.11 Å². The van der Waals surface area contributed by atoms with E-state index in [2.05, 4.69) is 0 Å². The highest BCUT2D eigenvalue weighted by atomic mass is 16.4. The van der Waals surface area contributed by atoms with Gasteiger partial charge in [-0.05, 0) is 17.7 Å². The van der Waals surface area contributed by atoms with Crippen LogP contribution in [0.4, 0.5) is 5.69 Å². The zero-order valence-electron chi connectivity index (χ0n) is 8.97. The van der Waals surface area contributed by atoms with Crippen LogP contribution < -0.4 is 4.90 Å². The van der Waals surface area contributed by atoms with Crippen LogP contribution in [0.5, 0.6) is 0 Å². The SMILES string of the molecule is CN(C)c1cccc(C=CCC(=O)O)c1. The van der Waals surface area contributed by atoms with Crippen molar-refractivity contribution in [3.63, 3.8) is 0 Å². The standard InChI is InChI=1S/C12H15NO2/c1-13(2)11-7-3-5-10(9-11)6-4-8-12(14)15/h3-7,9H,8H2,1-2H3,(H,14,15). The Balaban J connectivity index is 2.73. The molecule has 1 aromatic rings.